The molecule has 0 saturated heterocycles. The van der Waals surface area contributed by atoms with E-state index in [9.17, 15) is 4.79 Å². The lowest BCUT2D eigenvalue weighted by molar-refractivity contribution is -0.123. The predicted molar refractivity (Wildman–Crippen MR) is 95.3 cm³/mol. The first-order valence-electron chi connectivity index (χ1n) is 7.76. The molecule has 5 heteroatoms. The smallest absolute Gasteiger partial charge is 0.277 e. The largest absolute Gasteiger partial charge is 0.484 e. The average molecular weight is 330 g/mol. The maximum absolute atomic E-state index is 11.7. The average Bonchev–Trinajstić information content (AvgIpc) is 3.07. The molecule has 23 heavy (non-hydrogen) atoms. The molecule has 1 heterocycles. The number of thiophene rings is 1. The van der Waals surface area contributed by atoms with Crippen LogP contribution in [0.3, 0.4) is 0 Å². The van der Waals surface area contributed by atoms with Crippen LogP contribution in [0.1, 0.15) is 43.7 Å². The highest BCUT2D eigenvalue weighted by molar-refractivity contribution is 7.08. The normalized spacial score (nSPS) is 12.3. The lowest BCUT2D eigenvalue weighted by Gasteiger charge is -2.11. The number of benzene rings is 1. The van der Waals surface area contributed by atoms with Crippen molar-refractivity contribution in [3.05, 3.63) is 52.2 Å². The molecule has 1 N–H and O–H groups in total. The Labute approximate surface area is 141 Å². The Morgan fingerprint density at radius 1 is 1.35 bits per heavy atom. The third-order valence-corrected chi connectivity index (χ3v) is 4.19. The summed E-state index contributed by atoms with van der Waals surface area (Å²) in [5, 5.41) is 7.79. The molecule has 4 nitrogen and oxygen atoms in total. The number of nitrogens with zero attached hydrogens (tertiary/aromatic N) is 1. The number of carbonyl (C=O) groups is 1. The highest BCUT2D eigenvalue weighted by atomic mass is 32.1. The van der Waals surface area contributed by atoms with Crippen molar-refractivity contribution in [2.24, 2.45) is 5.10 Å². The van der Waals surface area contributed by atoms with Crippen molar-refractivity contribution in [3.8, 4) is 5.75 Å². The number of hydrogen-bond donors (Lipinski definition) is 1. The van der Waals surface area contributed by atoms with Crippen LogP contribution in [0.4, 0.5) is 0 Å². The summed E-state index contributed by atoms with van der Waals surface area (Å²) in [6, 6.07) is 9.86. The van der Waals surface area contributed by atoms with E-state index in [0.29, 0.717) is 11.7 Å². The van der Waals surface area contributed by atoms with Gasteiger partial charge in [0, 0.05) is 5.56 Å². The summed E-state index contributed by atoms with van der Waals surface area (Å²) in [5.74, 6) is 0.957. The molecule has 0 spiro atoms. The Morgan fingerprint density at radius 2 is 2.13 bits per heavy atom. The van der Waals surface area contributed by atoms with Crippen LogP contribution in [0.25, 0.3) is 0 Å². The molecule has 0 aliphatic heterocycles. The van der Waals surface area contributed by atoms with Gasteiger partial charge in [0.05, 0.1) is 6.21 Å². The number of carbonyl (C=O) groups excluding carboxylic acids is 1. The Morgan fingerprint density at radius 3 is 2.78 bits per heavy atom. The van der Waals surface area contributed by atoms with Crippen molar-refractivity contribution in [2.75, 3.05) is 6.61 Å². The lowest BCUT2D eigenvalue weighted by Crippen LogP contribution is -2.24. The van der Waals surface area contributed by atoms with Crippen LogP contribution in [0.2, 0.25) is 0 Å². The van der Waals surface area contributed by atoms with E-state index in [2.05, 4.69) is 36.5 Å². The van der Waals surface area contributed by atoms with E-state index in [1.54, 1.807) is 17.6 Å². The molecule has 2 rings (SSSR count). The Bertz CT molecular complexity index is 621. The molecule has 1 aromatic heterocycles. The number of amides is 1. The van der Waals surface area contributed by atoms with Crippen molar-refractivity contribution in [1.29, 1.82) is 0 Å². The fourth-order valence-corrected chi connectivity index (χ4v) is 2.81. The van der Waals surface area contributed by atoms with Crippen molar-refractivity contribution >= 4 is 23.5 Å². The zero-order valence-corrected chi connectivity index (χ0v) is 14.3. The standard InChI is InChI=1S/C18H22N2O2S/c1-3-4-14(2)16-5-7-17(8-6-16)22-12-18(21)20-19-11-15-9-10-23-13-15/h5-11,13-14H,3-4,12H2,1-2H3,(H,20,21)/b19-11+. The monoisotopic (exact) mass is 330 g/mol. The highest BCUT2D eigenvalue weighted by Gasteiger charge is 2.05. The topological polar surface area (TPSA) is 50.7 Å². The first-order valence-corrected chi connectivity index (χ1v) is 8.70. The number of ether oxygens (including phenoxy) is 1. The van der Waals surface area contributed by atoms with E-state index in [0.717, 1.165) is 5.56 Å². The van der Waals surface area contributed by atoms with Gasteiger partial charge in [-0.2, -0.15) is 16.4 Å². The number of hydrazone groups is 1. The van der Waals surface area contributed by atoms with Gasteiger partial charge in [-0.15, -0.1) is 0 Å². The van der Waals surface area contributed by atoms with Gasteiger partial charge in [0.2, 0.25) is 0 Å². The lowest BCUT2D eigenvalue weighted by atomic mass is 9.97. The maximum Gasteiger partial charge on any atom is 0.277 e. The minimum Gasteiger partial charge on any atom is -0.484 e. The van der Waals surface area contributed by atoms with Crippen LogP contribution in [-0.2, 0) is 4.79 Å². The van der Waals surface area contributed by atoms with Crippen LogP contribution in [0.5, 0.6) is 5.75 Å². The quantitative estimate of drug-likeness (QED) is 0.583. The Balaban J connectivity index is 1.75. The first kappa shape index (κ1) is 17.2. The number of hydrogen-bond acceptors (Lipinski definition) is 4. The van der Waals surface area contributed by atoms with Gasteiger partial charge in [-0.1, -0.05) is 32.4 Å². The summed E-state index contributed by atoms with van der Waals surface area (Å²) in [6.07, 6.45) is 3.95. The van der Waals surface area contributed by atoms with Gasteiger partial charge in [0.15, 0.2) is 6.61 Å². The molecule has 0 bridgehead atoms. The summed E-state index contributed by atoms with van der Waals surface area (Å²) in [7, 11) is 0. The molecular weight excluding hydrogens is 308 g/mol. The van der Waals surface area contributed by atoms with Gasteiger partial charge in [0.25, 0.3) is 5.91 Å². The van der Waals surface area contributed by atoms with Crippen molar-refractivity contribution in [3.63, 3.8) is 0 Å². The molecule has 1 amide bonds. The summed E-state index contributed by atoms with van der Waals surface area (Å²) in [6.45, 7) is 4.36. The van der Waals surface area contributed by atoms with E-state index < -0.39 is 0 Å². The minimum atomic E-state index is -0.278. The second kappa shape index (κ2) is 9.10. The van der Waals surface area contributed by atoms with Gasteiger partial charge < -0.3 is 4.74 Å². The van der Waals surface area contributed by atoms with Crippen molar-refractivity contribution in [1.82, 2.24) is 5.43 Å². The third kappa shape index (κ3) is 5.87. The second-order valence-electron chi connectivity index (χ2n) is 5.40. The molecule has 0 aliphatic carbocycles. The van der Waals surface area contributed by atoms with Crippen molar-refractivity contribution in [2.45, 2.75) is 32.6 Å². The Hall–Kier alpha value is -2.14. The predicted octanol–water partition coefficient (Wildman–Crippen LogP) is 4.18. The van der Waals surface area contributed by atoms with Crippen LogP contribution in [0, 0.1) is 0 Å². The molecule has 1 atom stereocenters. The third-order valence-electron chi connectivity index (χ3n) is 3.49. The fraction of sp³-hybridized carbons (Fsp3) is 0.333. The zero-order valence-electron chi connectivity index (χ0n) is 13.5. The van der Waals surface area contributed by atoms with Gasteiger partial charge >= 0.3 is 0 Å². The van der Waals surface area contributed by atoms with Gasteiger partial charge in [-0.3, -0.25) is 4.79 Å². The minimum absolute atomic E-state index is 0.0508. The summed E-state index contributed by atoms with van der Waals surface area (Å²) in [5.41, 5.74) is 4.71. The second-order valence-corrected chi connectivity index (χ2v) is 6.18. The molecule has 2 aromatic rings. The van der Waals surface area contributed by atoms with E-state index in [1.165, 1.54) is 18.4 Å². The van der Waals surface area contributed by atoms with E-state index in [4.69, 9.17) is 4.74 Å². The first-order chi connectivity index (χ1) is 11.2. The van der Waals surface area contributed by atoms with Gasteiger partial charge in [0.1, 0.15) is 5.75 Å². The molecule has 0 saturated carbocycles. The highest BCUT2D eigenvalue weighted by Crippen LogP contribution is 2.22. The van der Waals surface area contributed by atoms with Gasteiger partial charge in [-0.25, -0.2) is 5.43 Å². The summed E-state index contributed by atoms with van der Waals surface area (Å²) >= 11 is 1.58. The molecule has 1 aromatic carbocycles. The molecule has 0 radical (unpaired) electrons. The molecule has 122 valence electrons. The van der Waals surface area contributed by atoms with E-state index in [1.807, 2.05) is 29.0 Å². The van der Waals surface area contributed by atoms with E-state index >= 15 is 0 Å². The van der Waals surface area contributed by atoms with Crippen molar-refractivity contribution < 1.29 is 9.53 Å². The van der Waals surface area contributed by atoms with Crippen LogP contribution >= 0.6 is 11.3 Å². The molecule has 0 fully saturated rings. The zero-order chi connectivity index (χ0) is 16.5. The van der Waals surface area contributed by atoms with Gasteiger partial charge in [-0.05, 0) is 46.9 Å². The summed E-state index contributed by atoms with van der Waals surface area (Å²) < 4.78 is 5.47. The number of rotatable bonds is 8. The fourth-order valence-electron chi connectivity index (χ4n) is 2.20. The van der Waals surface area contributed by atoms with Crippen LogP contribution in [-0.4, -0.2) is 18.7 Å². The maximum atomic E-state index is 11.7. The van der Waals surface area contributed by atoms with Crippen LogP contribution < -0.4 is 10.2 Å². The van der Waals surface area contributed by atoms with Crippen LogP contribution in [0.15, 0.2) is 46.2 Å². The Kier molecular flexibility index (Phi) is 6.81. The molecule has 0 aliphatic rings. The molecular formula is C18H22N2O2S. The number of nitrogens with one attached hydrogen (secondary N) is 1. The summed E-state index contributed by atoms with van der Waals surface area (Å²) in [4.78, 5) is 11.7. The van der Waals surface area contributed by atoms with E-state index in [-0.39, 0.29) is 12.5 Å². The molecule has 1 unspecified atom stereocenters. The SMILES string of the molecule is CCCC(C)c1ccc(OCC(=O)N/N=C/c2ccsc2)cc1.